The molecule has 0 saturated heterocycles. The number of guanidine groups is 1. The van der Waals surface area contributed by atoms with Gasteiger partial charge in [0.2, 0.25) is 0 Å². The molecule has 0 aliphatic carbocycles. The summed E-state index contributed by atoms with van der Waals surface area (Å²) in [6.07, 6.45) is 1.90. The molecule has 8 nitrogen and oxygen atoms in total. The van der Waals surface area contributed by atoms with Gasteiger partial charge in [0.15, 0.2) is 5.96 Å². The van der Waals surface area contributed by atoms with E-state index >= 15 is 0 Å². The van der Waals surface area contributed by atoms with Crippen molar-refractivity contribution in [2.24, 2.45) is 12.0 Å². The molecule has 0 aliphatic heterocycles. The van der Waals surface area contributed by atoms with Gasteiger partial charge in [-0.1, -0.05) is 0 Å². The second kappa shape index (κ2) is 10.2. The summed E-state index contributed by atoms with van der Waals surface area (Å²) in [5, 5.41) is 12.3. The summed E-state index contributed by atoms with van der Waals surface area (Å²) in [5.41, 5.74) is 5.57. The van der Waals surface area contributed by atoms with E-state index in [4.69, 9.17) is 14.5 Å². The SMILES string of the molecule is CCNC(=NCc1c(C)nn(C)c1C)NCCCc1cc2c(OC)cc(OC)cc2[nH]1. The summed E-state index contributed by atoms with van der Waals surface area (Å²) < 4.78 is 12.8. The largest absolute Gasteiger partial charge is 0.497 e. The highest BCUT2D eigenvalue weighted by molar-refractivity contribution is 5.88. The van der Waals surface area contributed by atoms with E-state index in [1.165, 1.54) is 11.3 Å². The lowest BCUT2D eigenvalue weighted by atomic mass is 10.2. The molecule has 0 spiro atoms. The van der Waals surface area contributed by atoms with Gasteiger partial charge in [0.05, 0.1) is 32.0 Å². The Bertz CT molecular complexity index is 1050. The minimum absolute atomic E-state index is 0.616. The van der Waals surface area contributed by atoms with E-state index in [0.717, 1.165) is 65.7 Å². The molecule has 0 radical (unpaired) electrons. The van der Waals surface area contributed by atoms with Crippen LogP contribution in [0, 0.1) is 13.8 Å². The van der Waals surface area contributed by atoms with Gasteiger partial charge in [-0.05, 0) is 39.7 Å². The quantitative estimate of drug-likeness (QED) is 0.278. The van der Waals surface area contributed by atoms with E-state index in [0.29, 0.717) is 6.54 Å². The van der Waals surface area contributed by atoms with Crippen LogP contribution in [0.1, 0.15) is 36.0 Å². The van der Waals surface area contributed by atoms with Crippen molar-refractivity contribution in [2.75, 3.05) is 27.3 Å². The fourth-order valence-corrected chi connectivity index (χ4v) is 3.69. The molecule has 168 valence electrons. The number of ether oxygens (including phenoxy) is 2. The van der Waals surface area contributed by atoms with Crippen LogP contribution in [0.3, 0.4) is 0 Å². The summed E-state index contributed by atoms with van der Waals surface area (Å²) in [7, 11) is 5.31. The van der Waals surface area contributed by atoms with Crippen molar-refractivity contribution in [3.63, 3.8) is 0 Å². The number of nitrogens with one attached hydrogen (secondary N) is 3. The van der Waals surface area contributed by atoms with Crippen molar-refractivity contribution in [1.82, 2.24) is 25.4 Å². The van der Waals surface area contributed by atoms with Gasteiger partial charge in [0.1, 0.15) is 11.5 Å². The lowest BCUT2D eigenvalue weighted by molar-refractivity contribution is 0.398. The van der Waals surface area contributed by atoms with Gasteiger partial charge in [-0.2, -0.15) is 5.10 Å². The highest BCUT2D eigenvalue weighted by atomic mass is 16.5. The Morgan fingerprint density at radius 2 is 1.97 bits per heavy atom. The van der Waals surface area contributed by atoms with Crippen LogP contribution < -0.4 is 20.1 Å². The number of hydrogen-bond acceptors (Lipinski definition) is 4. The monoisotopic (exact) mass is 426 g/mol. The van der Waals surface area contributed by atoms with Gasteiger partial charge in [-0.3, -0.25) is 4.68 Å². The normalized spacial score (nSPS) is 11.7. The van der Waals surface area contributed by atoms with Crippen LogP contribution in [0.5, 0.6) is 11.5 Å². The Morgan fingerprint density at radius 1 is 1.16 bits per heavy atom. The molecule has 0 atom stereocenters. The molecule has 3 rings (SSSR count). The summed E-state index contributed by atoms with van der Waals surface area (Å²) >= 11 is 0. The lowest BCUT2D eigenvalue weighted by Gasteiger charge is -2.11. The maximum atomic E-state index is 5.51. The van der Waals surface area contributed by atoms with Gasteiger partial charge >= 0.3 is 0 Å². The van der Waals surface area contributed by atoms with Crippen LogP contribution in [0.15, 0.2) is 23.2 Å². The molecule has 0 bridgehead atoms. The fourth-order valence-electron chi connectivity index (χ4n) is 3.69. The van der Waals surface area contributed by atoms with Crippen LogP contribution in [-0.4, -0.2) is 48.0 Å². The molecular formula is C23H34N6O2. The number of nitrogens with zero attached hydrogens (tertiary/aromatic N) is 3. The van der Waals surface area contributed by atoms with Gasteiger partial charge in [0.25, 0.3) is 0 Å². The standard InChI is InChI=1S/C23H34N6O2/c1-7-24-23(26-14-20-15(2)28-29(4)16(20)3)25-10-8-9-17-11-19-21(27-17)12-18(30-5)13-22(19)31-6/h11-13,27H,7-10,14H2,1-6H3,(H2,24,25,26). The summed E-state index contributed by atoms with van der Waals surface area (Å²) in [5.74, 6) is 2.43. The maximum Gasteiger partial charge on any atom is 0.191 e. The van der Waals surface area contributed by atoms with Crippen molar-refractivity contribution in [3.05, 3.63) is 40.8 Å². The molecule has 8 heteroatoms. The van der Waals surface area contributed by atoms with Crippen LogP contribution in [-0.2, 0) is 20.0 Å². The highest BCUT2D eigenvalue weighted by Gasteiger charge is 2.10. The molecule has 2 aromatic heterocycles. The summed E-state index contributed by atoms with van der Waals surface area (Å²) in [6.45, 7) is 8.45. The van der Waals surface area contributed by atoms with Gasteiger partial charge in [-0.15, -0.1) is 0 Å². The second-order valence-corrected chi connectivity index (χ2v) is 7.58. The number of aromatic nitrogens is 3. The molecule has 0 unspecified atom stereocenters. The van der Waals surface area contributed by atoms with Crippen LogP contribution >= 0.6 is 0 Å². The third-order valence-corrected chi connectivity index (χ3v) is 5.50. The van der Waals surface area contributed by atoms with Gasteiger partial charge in [-0.25, -0.2) is 4.99 Å². The molecule has 3 aromatic rings. The topological polar surface area (TPSA) is 88.5 Å². The number of benzene rings is 1. The van der Waals surface area contributed by atoms with Crippen molar-refractivity contribution in [1.29, 1.82) is 0 Å². The van der Waals surface area contributed by atoms with E-state index in [-0.39, 0.29) is 0 Å². The fraction of sp³-hybridized carbons (Fsp3) is 0.478. The molecule has 0 saturated carbocycles. The zero-order chi connectivity index (χ0) is 22.4. The molecule has 0 fully saturated rings. The van der Waals surface area contributed by atoms with Crippen molar-refractivity contribution >= 4 is 16.9 Å². The number of rotatable bonds is 9. The summed E-state index contributed by atoms with van der Waals surface area (Å²) in [6, 6.07) is 6.06. The number of fused-ring (bicyclic) bond motifs is 1. The maximum absolute atomic E-state index is 5.51. The Labute approximate surface area is 184 Å². The van der Waals surface area contributed by atoms with Gasteiger partial charge in [0, 0.05) is 54.6 Å². The molecule has 1 aromatic carbocycles. The van der Waals surface area contributed by atoms with E-state index in [9.17, 15) is 0 Å². The number of aliphatic imine (C=N–C) groups is 1. The minimum atomic E-state index is 0.616. The average molecular weight is 427 g/mol. The number of aryl methyl sites for hydroxylation is 3. The smallest absolute Gasteiger partial charge is 0.191 e. The molecule has 0 aliphatic rings. The van der Waals surface area contributed by atoms with E-state index in [1.807, 2.05) is 30.8 Å². The first-order valence-electron chi connectivity index (χ1n) is 10.7. The third kappa shape index (κ3) is 5.31. The van der Waals surface area contributed by atoms with Crippen LogP contribution in [0.25, 0.3) is 10.9 Å². The molecule has 0 amide bonds. The molecular weight excluding hydrogens is 392 g/mol. The van der Waals surface area contributed by atoms with Crippen molar-refractivity contribution in [2.45, 2.75) is 40.2 Å². The molecule has 2 heterocycles. The first-order valence-corrected chi connectivity index (χ1v) is 10.7. The van der Waals surface area contributed by atoms with E-state index in [1.54, 1.807) is 14.2 Å². The average Bonchev–Trinajstić information content (AvgIpc) is 3.28. The zero-order valence-electron chi connectivity index (χ0n) is 19.4. The Morgan fingerprint density at radius 3 is 2.61 bits per heavy atom. The van der Waals surface area contributed by atoms with Crippen LogP contribution in [0.2, 0.25) is 0 Å². The lowest BCUT2D eigenvalue weighted by Crippen LogP contribution is -2.37. The first kappa shape index (κ1) is 22.5. The number of methoxy groups -OCH3 is 2. The van der Waals surface area contributed by atoms with E-state index in [2.05, 4.69) is 40.6 Å². The number of H-pyrrole nitrogens is 1. The Balaban J connectivity index is 1.58. The predicted molar refractivity (Wildman–Crippen MR) is 125 cm³/mol. The van der Waals surface area contributed by atoms with E-state index < -0.39 is 0 Å². The Hall–Kier alpha value is -3.16. The molecule has 3 N–H and O–H groups in total. The predicted octanol–water partition coefficient (Wildman–Crippen LogP) is 3.22. The van der Waals surface area contributed by atoms with Crippen LogP contribution in [0.4, 0.5) is 0 Å². The summed E-state index contributed by atoms with van der Waals surface area (Å²) in [4.78, 5) is 8.22. The molecule has 31 heavy (non-hydrogen) atoms. The first-order chi connectivity index (χ1) is 15.0. The minimum Gasteiger partial charge on any atom is -0.497 e. The van der Waals surface area contributed by atoms with Gasteiger partial charge < -0.3 is 25.1 Å². The third-order valence-electron chi connectivity index (χ3n) is 5.50. The highest BCUT2D eigenvalue weighted by Crippen LogP contribution is 2.31. The second-order valence-electron chi connectivity index (χ2n) is 7.58. The zero-order valence-corrected chi connectivity index (χ0v) is 19.4. The number of hydrogen-bond donors (Lipinski definition) is 3. The van der Waals surface area contributed by atoms with Crippen molar-refractivity contribution < 1.29 is 9.47 Å². The van der Waals surface area contributed by atoms with Crippen molar-refractivity contribution in [3.8, 4) is 11.5 Å². The number of aromatic amines is 1. The Kier molecular flexibility index (Phi) is 7.44.